The Hall–Kier alpha value is -0.910. The molecular formula is C24H43N3O2. The molecule has 1 aromatic rings. The van der Waals surface area contributed by atoms with Crippen molar-refractivity contribution in [1.82, 2.24) is 15.1 Å². The molecule has 1 N–H and O–H groups in total. The van der Waals surface area contributed by atoms with Gasteiger partial charge in [-0.3, -0.25) is 5.10 Å². The average molecular weight is 406 g/mol. The second kappa shape index (κ2) is 10.9. The smallest absolute Gasteiger partial charge is 0.0605 e. The predicted molar refractivity (Wildman–Crippen MR) is 118 cm³/mol. The second-order valence-electron chi connectivity index (χ2n) is 9.47. The zero-order chi connectivity index (χ0) is 20.7. The first-order valence-corrected chi connectivity index (χ1v) is 12.0. The van der Waals surface area contributed by atoms with Gasteiger partial charge < -0.3 is 14.4 Å². The summed E-state index contributed by atoms with van der Waals surface area (Å²) < 4.78 is 12.2. The van der Waals surface area contributed by atoms with E-state index in [1.165, 1.54) is 62.6 Å². The van der Waals surface area contributed by atoms with Crippen LogP contribution in [0.25, 0.3) is 0 Å². The van der Waals surface area contributed by atoms with E-state index in [9.17, 15) is 0 Å². The Labute approximate surface area is 177 Å². The van der Waals surface area contributed by atoms with Gasteiger partial charge in [0.2, 0.25) is 0 Å². The minimum Gasteiger partial charge on any atom is -0.378 e. The summed E-state index contributed by atoms with van der Waals surface area (Å²) in [5.41, 5.74) is 3.20. The number of ether oxygens (including phenoxy) is 2. The molecule has 1 heterocycles. The summed E-state index contributed by atoms with van der Waals surface area (Å²) in [4.78, 5) is 2.43. The minimum absolute atomic E-state index is 0.372. The maximum atomic E-state index is 6.08. The van der Waals surface area contributed by atoms with Crippen LogP contribution in [0.4, 0.5) is 0 Å². The Kier molecular flexibility index (Phi) is 8.57. The van der Waals surface area contributed by atoms with Crippen LogP contribution in [0, 0.1) is 5.41 Å². The number of aromatic nitrogens is 2. The molecule has 166 valence electrons. The van der Waals surface area contributed by atoms with Crippen LogP contribution in [-0.2, 0) is 16.0 Å². The number of aromatic amines is 1. The molecule has 2 aliphatic rings. The lowest BCUT2D eigenvalue weighted by atomic mass is 9.61. The number of H-pyrrole nitrogens is 1. The SMILES string of the molecule is CCCCN(C)Cc1cn[nH]c1C1CCC2(CC1)CC(OCC)CC(OCC)C2. The molecule has 1 aromatic heterocycles. The van der Waals surface area contributed by atoms with Crippen molar-refractivity contribution in [2.75, 3.05) is 26.8 Å². The highest BCUT2D eigenvalue weighted by Crippen LogP contribution is 2.52. The summed E-state index contributed by atoms with van der Waals surface area (Å²) in [5.74, 6) is 0.621. The summed E-state index contributed by atoms with van der Waals surface area (Å²) in [5, 5.41) is 7.78. The highest BCUT2D eigenvalue weighted by Gasteiger charge is 2.44. The van der Waals surface area contributed by atoms with E-state index < -0.39 is 0 Å². The zero-order valence-corrected chi connectivity index (χ0v) is 19.2. The molecule has 0 bridgehead atoms. The van der Waals surface area contributed by atoms with Gasteiger partial charge in [-0.25, -0.2) is 0 Å². The molecule has 0 aliphatic heterocycles. The van der Waals surface area contributed by atoms with Gasteiger partial charge in [0.1, 0.15) is 0 Å². The maximum Gasteiger partial charge on any atom is 0.0605 e. The molecule has 1 spiro atoms. The van der Waals surface area contributed by atoms with Gasteiger partial charge in [0, 0.05) is 36.9 Å². The molecule has 0 radical (unpaired) electrons. The summed E-state index contributed by atoms with van der Waals surface area (Å²) >= 11 is 0. The molecule has 2 fully saturated rings. The first kappa shape index (κ1) is 22.8. The summed E-state index contributed by atoms with van der Waals surface area (Å²) in [6, 6.07) is 0. The number of hydrogen-bond donors (Lipinski definition) is 1. The van der Waals surface area contributed by atoms with E-state index in [1.807, 2.05) is 0 Å². The van der Waals surface area contributed by atoms with Crippen LogP contribution in [-0.4, -0.2) is 54.1 Å². The average Bonchev–Trinajstić information content (AvgIpc) is 3.15. The quantitative estimate of drug-likeness (QED) is 0.575. The van der Waals surface area contributed by atoms with Crippen LogP contribution in [0.15, 0.2) is 6.20 Å². The van der Waals surface area contributed by atoms with Crippen molar-refractivity contribution < 1.29 is 9.47 Å². The second-order valence-corrected chi connectivity index (χ2v) is 9.47. The largest absolute Gasteiger partial charge is 0.378 e. The molecule has 2 unspecified atom stereocenters. The third-order valence-corrected chi connectivity index (χ3v) is 7.19. The predicted octanol–water partition coefficient (Wildman–Crippen LogP) is 5.28. The molecule has 2 atom stereocenters. The van der Waals surface area contributed by atoms with Crippen molar-refractivity contribution in [3.05, 3.63) is 17.5 Å². The fourth-order valence-corrected chi connectivity index (χ4v) is 5.76. The van der Waals surface area contributed by atoms with Crippen molar-refractivity contribution >= 4 is 0 Å². The lowest BCUT2D eigenvalue weighted by Crippen LogP contribution is -2.42. The molecule has 5 nitrogen and oxygen atoms in total. The standard InChI is InChI=1S/C24H43N3O2/c1-5-8-13-27(4)18-20-17-25-26-23(20)19-9-11-24(12-10-19)15-21(28-6-2)14-22(16-24)29-7-3/h17,19,21-22H,5-16,18H2,1-4H3,(H,25,26). The first-order valence-electron chi connectivity index (χ1n) is 12.0. The van der Waals surface area contributed by atoms with Gasteiger partial charge in [-0.2, -0.15) is 5.10 Å². The van der Waals surface area contributed by atoms with Gasteiger partial charge in [0.05, 0.1) is 18.4 Å². The number of nitrogens with zero attached hydrogens (tertiary/aromatic N) is 2. The third-order valence-electron chi connectivity index (χ3n) is 7.19. The molecule has 0 amide bonds. The summed E-state index contributed by atoms with van der Waals surface area (Å²) in [7, 11) is 2.23. The monoisotopic (exact) mass is 405 g/mol. The third kappa shape index (κ3) is 6.05. The Morgan fingerprint density at radius 3 is 2.34 bits per heavy atom. The van der Waals surface area contributed by atoms with Gasteiger partial charge >= 0.3 is 0 Å². The molecule has 0 saturated heterocycles. The lowest BCUT2D eigenvalue weighted by Gasteiger charge is -2.48. The number of hydrogen-bond acceptors (Lipinski definition) is 4. The number of nitrogens with one attached hydrogen (secondary N) is 1. The molecule has 29 heavy (non-hydrogen) atoms. The Balaban J connectivity index is 1.60. The summed E-state index contributed by atoms with van der Waals surface area (Å²) in [6.07, 6.45) is 13.9. The van der Waals surface area contributed by atoms with E-state index in [0.717, 1.165) is 32.7 Å². The van der Waals surface area contributed by atoms with Crippen LogP contribution < -0.4 is 0 Å². The van der Waals surface area contributed by atoms with Crippen LogP contribution in [0.2, 0.25) is 0 Å². The van der Waals surface area contributed by atoms with Crippen molar-refractivity contribution in [3.63, 3.8) is 0 Å². The minimum atomic E-state index is 0.372. The van der Waals surface area contributed by atoms with Gasteiger partial charge in [-0.15, -0.1) is 0 Å². The Bertz CT molecular complexity index is 579. The van der Waals surface area contributed by atoms with E-state index in [0.29, 0.717) is 23.5 Å². The number of rotatable bonds is 10. The Morgan fingerprint density at radius 1 is 1.10 bits per heavy atom. The highest BCUT2D eigenvalue weighted by molar-refractivity contribution is 5.21. The van der Waals surface area contributed by atoms with Crippen LogP contribution in [0.1, 0.15) is 95.7 Å². The van der Waals surface area contributed by atoms with Crippen molar-refractivity contribution in [1.29, 1.82) is 0 Å². The molecule has 3 rings (SSSR count). The van der Waals surface area contributed by atoms with E-state index in [2.05, 4.69) is 49.1 Å². The van der Waals surface area contributed by atoms with E-state index >= 15 is 0 Å². The van der Waals surface area contributed by atoms with E-state index in [1.54, 1.807) is 0 Å². The van der Waals surface area contributed by atoms with Crippen molar-refractivity contribution in [2.45, 2.75) is 103 Å². The molecular weight excluding hydrogens is 362 g/mol. The van der Waals surface area contributed by atoms with Gasteiger partial charge in [-0.1, -0.05) is 13.3 Å². The molecule has 2 saturated carbocycles. The normalized spacial score (nSPS) is 30.3. The first-order chi connectivity index (χ1) is 14.1. The number of unbranched alkanes of at least 4 members (excludes halogenated alkanes) is 1. The van der Waals surface area contributed by atoms with Crippen LogP contribution in [0.5, 0.6) is 0 Å². The molecule has 5 heteroatoms. The van der Waals surface area contributed by atoms with Crippen LogP contribution in [0.3, 0.4) is 0 Å². The zero-order valence-electron chi connectivity index (χ0n) is 19.2. The lowest BCUT2D eigenvalue weighted by molar-refractivity contribution is -0.0946. The van der Waals surface area contributed by atoms with E-state index in [4.69, 9.17) is 9.47 Å². The van der Waals surface area contributed by atoms with Gasteiger partial charge in [-0.05, 0) is 84.2 Å². The van der Waals surface area contributed by atoms with Gasteiger partial charge in [0.25, 0.3) is 0 Å². The van der Waals surface area contributed by atoms with Gasteiger partial charge in [0.15, 0.2) is 0 Å². The summed E-state index contributed by atoms with van der Waals surface area (Å²) in [6.45, 7) is 10.3. The topological polar surface area (TPSA) is 50.4 Å². The maximum absolute atomic E-state index is 6.08. The fraction of sp³-hybridized carbons (Fsp3) is 0.875. The van der Waals surface area contributed by atoms with Crippen LogP contribution >= 0.6 is 0 Å². The van der Waals surface area contributed by atoms with Crippen molar-refractivity contribution in [3.8, 4) is 0 Å². The van der Waals surface area contributed by atoms with E-state index in [-0.39, 0.29) is 0 Å². The fourth-order valence-electron chi connectivity index (χ4n) is 5.76. The molecule has 2 aliphatic carbocycles. The van der Waals surface area contributed by atoms with Crippen molar-refractivity contribution in [2.24, 2.45) is 5.41 Å². The molecule has 0 aromatic carbocycles. The highest BCUT2D eigenvalue weighted by atomic mass is 16.5. The Morgan fingerprint density at radius 2 is 1.76 bits per heavy atom.